The standard InChI is InChI=1S/C12H16BrN3/c1-15-4-3-5-16(2)12-7-10(9-14)6-11(13)8-12/h6-8,15H,3-5H2,1-2H3. The molecule has 0 aromatic heterocycles. The largest absolute Gasteiger partial charge is 0.374 e. The van der Waals surface area contributed by atoms with Crippen LogP contribution >= 0.6 is 15.9 Å². The maximum atomic E-state index is 8.88. The lowest BCUT2D eigenvalue weighted by Gasteiger charge is -2.19. The number of nitriles is 1. The molecular formula is C12H16BrN3. The fourth-order valence-electron chi connectivity index (χ4n) is 1.48. The molecule has 0 aliphatic carbocycles. The third-order valence-electron chi connectivity index (χ3n) is 2.37. The first-order valence-corrected chi connectivity index (χ1v) is 6.03. The van der Waals surface area contributed by atoms with E-state index in [1.807, 2.05) is 32.3 Å². The molecule has 0 radical (unpaired) electrons. The molecule has 0 amide bonds. The van der Waals surface area contributed by atoms with E-state index in [9.17, 15) is 0 Å². The van der Waals surface area contributed by atoms with E-state index < -0.39 is 0 Å². The van der Waals surface area contributed by atoms with Gasteiger partial charge in [-0.1, -0.05) is 15.9 Å². The zero-order valence-corrected chi connectivity index (χ0v) is 11.2. The quantitative estimate of drug-likeness (QED) is 0.843. The SMILES string of the molecule is CNCCCN(C)c1cc(Br)cc(C#N)c1. The summed E-state index contributed by atoms with van der Waals surface area (Å²) in [4.78, 5) is 2.16. The molecule has 1 aromatic rings. The number of hydrogen-bond acceptors (Lipinski definition) is 3. The van der Waals surface area contributed by atoms with Crippen LogP contribution < -0.4 is 10.2 Å². The molecule has 1 rings (SSSR count). The Kier molecular flexibility index (Phi) is 5.30. The van der Waals surface area contributed by atoms with E-state index in [1.54, 1.807) is 0 Å². The summed E-state index contributed by atoms with van der Waals surface area (Å²) in [5.74, 6) is 0. The summed E-state index contributed by atoms with van der Waals surface area (Å²) in [6.07, 6.45) is 1.08. The Morgan fingerprint density at radius 3 is 2.81 bits per heavy atom. The first-order chi connectivity index (χ1) is 7.67. The van der Waals surface area contributed by atoms with Crippen LogP contribution in [0.1, 0.15) is 12.0 Å². The average molecular weight is 282 g/mol. The minimum Gasteiger partial charge on any atom is -0.374 e. The molecule has 1 aromatic carbocycles. The van der Waals surface area contributed by atoms with Gasteiger partial charge in [0.1, 0.15) is 0 Å². The van der Waals surface area contributed by atoms with Crippen molar-refractivity contribution in [1.29, 1.82) is 5.26 Å². The molecule has 0 atom stereocenters. The second-order valence-corrected chi connectivity index (χ2v) is 4.60. The van der Waals surface area contributed by atoms with Gasteiger partial charge in [-0.15, -0.1) is 0 Å². The minimum absolute atomic E-state index is 0.685. The molecule has 0 bridgehead atoms. The van der Waals surface area contributed by atoms with E-state index in [2.05, 4.69) is 32.2 Å². The minimum atomic E-state index is 0.685. The van der Waals surface area contributed by atoms with E-state index >= 15 is 0 Å². The molecule has 86 valence electrons. The van der Waals surface area contributed by atoms with Gasteiger partial charge in [-0.3, -0.25) is 0 Å². The Labute approximate surface area is 105 Å². The highest BCUT2D eigenvalue weighted by Gasteiger charge is 2.03. The van der Waals surface area contributed by atoms with Gasteiger partial charge in [0.05, 0.1) is 11.6 Å². The smallest absolute Gasteiger partial charge is 0.0992 e. The lowest BCUT2D eigenvalue weighted by molar-refractivity contribution is 0.713. The topological polar surface area (TPSA) is 39.1 Å². The second kappa shape index (κ2) is 6.51. The van der Waals surface area contributed by atoms with Crippen molar-refractivity contribution in [3.8, 4) is 6.07 Å². The summed E-state index contributed by atoms with van der Waals surface area (Å²) in [5.41, 5.74) is 1.76. The van der Waals surface area contributed by atoms with E-state index in [0.29, 0.717) is 5.56 Å². The molecule has 4 heteroatoms. The van der Waals surface area contributed by atoms with Crippen molar-refractivity contribution in [2.75, 3.05) is 32.1 Å². The van der Waals surface area contributed by atoms with Gasteiger partial charge < -0.3 is 10.2 Å². The van der Waals surface area contributed by atoms with Crippen LogP contribution in [0.15, 0.2) is 22.7 Å². The summed E-state index contributed by atoms with van der Waals surface area (Å²) in [6, 6.07) is 7.92. The molecule has 0 aliphatic rings. The summed E-state index contributed by atoms with van der Waals surface area (Å²) >= 11 is 3.41. The van der Waals surface area contributed by atoms with Gasteiger partial charge in [0.25, 0.3) is 0 Å². The monoisotopic (exact) mass is 281 g/mol. The predicted octanol–water partition coefficient (Wildman–Crippen LogP) is 2.37. The van der Waals surface area contributed by atoms with Crippen molar-refractivity contribution in [2.24, 2.45) is 0 Å². The molecule has 0 aliphatic heterocycles. The van der Waals surface area contributed by atoms with Gasteiger partial charge in [0.15, 0.2) is 0 Å². The fraction of sp³-hybridized carbons (Fsp3) is 0.417. The van der Waals surface area contributed by atoms with Gasteiger partial charge in [-0.25, -0.2) is 0 Å². The van der Waals surface area contributed by atoms with Crippen molar-refractivity contribution in [1.82, 2.24) is 5.32 Å². The molecule has 0 spiro atoms. The molecule has 0 fully saturated rings. The van der Waals surface area contributed by atoms with Crippen LogP contribution in [0.4, 0.5) is 5.69 Å². The van der Waals surface area contributed by atoms with Crippen LogP contribution in [0.3, 0.4) is 0 Å². The van der Waals surface area contributed by atoms with Crippen LogP contribution in [0.25, 0.3) is 0 Å². The van der Waals surface area contributed by atoms with Gasteiger partial charge >= 0.3 is 0 Å². The number of benzene rings is 1. The van der Waals surface area contributed by atoms with Crippen molar-refractivity contribution in [2.45, 2.75) is 6.42 Å². The van der Waals surface area contributed by atoms with Crippen molar-refractivity contribution < 1.29 is 0 Å². The average Bonchev–Trinajstić information content (AvgIpc) is 2.28. The van der Waals surface area contributed by atoms with Gasteiger partial charge in [-0.05, 0) is 38.2 Å². The number of anilines is 1. The van der Waals surface area contributed by atoms with E-state index in [-0.39, 0.29) is 0 Å². The normalized spacial score (nSPS) is 9.88. The van der Waals surface area contributed by atoms with E-state index in [1.165, 1.54) is 0 Å². The second-order valence-electron chi connectivity index (χ2n) is 3.69. The Hall–Kier alpha value is -1.05. The first kappa shape index (κ1) is 13.0. The van der Waals surface area contributed by atoms with Crippen LogP contribution in [0.5, 0.6) is 0 Å². The molecular weight excluding hydrogens is 266 g/mol. The molecule has 0 heterocycles. The highest BCUT2D eigenvalue weighted by atomic mass is 79.9. The third kappa shape index (κ3) is 3.84. The van der Waals surface area contributed by atoms with Gasteiger partial charge in [-0.2, -0.15) is 5.26 Å². The van der Waals surface area contributed by atoms with E-state index in [0.717, 1.165) is 29.7 Å². The lowest BCUT2D eigenvalue weighted by Crippen LogP contribution is -2.22. The molecule has 0 unspecified atom stereocenters. The molecule has 0 saturated carbocycles. The summed E-state index contributed by atoms with van der Waals surface area (Å²) in [7, 11) is 3.99. The zero-order valence-electron chi connectivity index (χ0n) is 9.63. The molecule has 1 N–H and O–H groups in total. The van der Waals surface area contributed by atoms with Crippen molar-refractivity contribution in [3.63, 3.8) is 0 Å². The number of rotatable bonds is 5. The summed E-state index contributed by atoms with van der Waals surface area (Å²) in [5, 5.41) is 12.0. The fourth-order valence-corrected chi connectivity index (χ4v) is 1.96. The summed E-state index contributed by atoms with van der Waals surface area (Å²) < 4.78 is 0.946. The predicted molar refractivity (Wildman–Crippen MR) is 70.7 cm³/mol. The Balaban J connectivity index is 2.71. The van der Waals surface area contributed by atoms with Crippen LogP contribution in [-0.4, -0.2) is 27.2 Å². The number of hydrogen-bond donors (Lipinski definition) is 1. The Bertz CT molecular complexity index is 384. The third-order valence-corrected chi connectivity index (χ3v) is 2.83. The van der Waals surface area contributed by atoms with Crippen LogP contribution in [0.2, 0.25) is 0 Å². The molecule has 3 nitrogen and oxygen atoms in total. The Morgan fingerprint density at radius 2 is 2.19 bits per heavy atom. The van der Waals surface area contributed by atoms with Crippen molar-refractivity contribution in [3.05, 3.63) is 28.2 Å². The molecule has 16 heavy (non-hydrogen) atoms. The Morgan fingerprint density at radius 1 is 1.44 bits per heavy atom. The maximum absolute atomic E-state index is 8.88. The van der Waals surface area contributed by atoms with Crippen molar-refractivity contribution >= 4 is 21.6 Å². The van der Waals surface area contributed by atoms with E-state index in [4.69, 9.17) is 5.26 Å². The number of nitrogens with one attached hydrogen (secondary N) is 1. The maximum Gasteiger partial charge on any atom is 0.0992 e. The molecule has 0 saturated heterocycles. The highest BCUT2D eigenvalue weighted by molar-refractivity contribution is 9.10. The van der Waals surface area contributed by atoms with Gasteiger partial charge in [0, 0.05) is 23.8 Å². The lowest BCUT2D eigenvalue weighted by atomic mass is 10.2. The first-order valence-electron chi connectivity index (χ1n) is 5.24. The number of halogens is 1. The highest BCUT2D eigenvalue weighted by Crippen LogP contribution is 2.21. The zero-order chi connectivity index (χ0) is 12.0. The van der Waals surface area contributed by atoms with Gasteiger partial charge in [0.2, 0.25) is 0 Å². The van der Waals surface area contributed by atoms with Crippen LogP contribution in [-0.2, 0) is 0 Å². The summed E-state index contributed by atoms with van der Waals surface area (Å²) in [6.45, 7) is 1.98. The van der Waals surface area contributed by atoms with Crippen LogP contribution in [0, 0.1) is 11.3 Å². The number of nitrogens with zero attached hydrogens (tertiary/aromatic N) is 2.